The van der Waals surface area contributed by atoms with Crippen LogP contribution in [0, 0.1) is 5.92 Å². The average Bonchev–Trinajstić information content (AvgIpc) is 4.00. The van der Waals surface area contributed by atoms with Crippen LogP contribution in [0.25, 0.3) is 34.9 Å². The fourth-order valence-corrected chi connectivity index (χ4v) is 9.85. The van der Waals surface area contributed by atoms with Crippen LogP contribution < -0.4 is 4.90 Å². The number of nitrogens with zero attached hydrogens (tertiary/aromatic N) is 1. The molecule has 0 N–H and O–H groups in total. The number of hydrogen-bond donors (Lipinski definition) is 0. The van der Waals surface area contributed by atoms with Gasteiger partial charge in [0.2, 0.25) is 0 Å². The van der Waals surface area contributed by atoms with Crippen LogP contribution >= 0.6 is 0 Å². The molecular formula is C50H41N. The Morgan fingerprint density at radius 1 is 0.647 bits per heavy atom. The maximum absolute atomic E-state index is 2.71. The predicted molar refractivity (Wildman–Crippen MR) is 214 cm³/mol. The highest BCUT2D eigenvalue weighted by Crippen LogP contribution is 2.56. The maximum Gasteiger partial charge on any atom is 0.0656 e. The van der Waals surface area contributed by atoms with E-state index in [1.165, 1.54) is 96.4 Å². The molecule has 5 aromatic rings. The van der Waals surface area contributed by atoms with Crippen molar-refractivity contribution in [3.63, 3.8) is 0 Å². The quantitative estimate of drug-likeness (QED) is 0.176. The highest BCUT2D eigenvalue weighted by Gasteiger charge is 2.41. The molecule has 11 rings (SSSR count). The first-order chi connectivity index (χ1) is 25.2. The zero-order valence-electron chi connectivity index (χ0n) is 29.1. The highest BCUT2D eigenvalue weighted by atomic mass is 15.2. The van der Waals surface area contributed by atoms with Crippen molar-refractivity contribution < 1.29 is 0 Å². The van der Waals surface area contributed by atoms with E-state index in [0.29, 0.717) is 23.8 Å². The Morgan fingerprint density at radius 3 is 2.27 bits per heavy atom. The molecule has 0 spiro atoms. The van der Waals surface area contributed by atoms with Crippen LogP contribution in [0.3, 0.4) is 0 Å². The average molecular weight is 656 g/mol. The van der Waals surface area contributed by atoms with E-state index in [1.54, 1.807) is 0 Å². The molecule has 5 aliphatic carbocycles. The van der Waals surface area contributed by atoms with Gasteiger partial charge in [0.05, 0.1) is 6.04 Å². The second kappa shape index (κ2) is 11.3. The van der Waals surface area contributed by atoms with E-state index in [9.17, 15) is 0 Å². The Balaban J connectivity index is 0.930. The number of rotatable bonds is 6. The van der Waals surface area contributed by atoms with Crippen molar-refractivity contribution in [3.05, 3.63) is 195 Å². The summed E-state index contributed by atoms with van der Waals surface area (Å²) in [6.45, 7) is 3.13. The minimum absolute atomic E-state index is 0.327. The molecule has 6 aliphatic rings. The summed E-state index contributed by atoms with van der Waals surface area (Å²) < 4.78 is 0. The van der Waals surface area contributed by atoms with Crippen molar-refractivity contribution in [2.45, 2.75) is 56.5 Å². The van der Waals surface area contributed by atoms with Crippen molar-refractivity contribution in [3.8, 4) is 11.1 Å². The molecule has 0 saturated heterocycles. The monoisotopic (exact) mass is 655 g/mol. The van der Waals surface area contributed by atoms with Gasteiger partial charge < -0.3 is 4.90 Å². The van der Waals surface area contributed by atoms with Gasteiger partial charge in [-0.05, 0) is 109 Å². The Labute approximate surface area is 301 Å². The summed E-state index contributed by atoms with van der Waals surface area (Å²) in [4.78, 5) is 2.71. The fraction of sp³-hybridized carbons (Fsp3) is 0.200. The van der Waals surface area contributed by atoms with Crippen LogP contribution in [0.2, 0.25) is 0 Å². The molecule has 0 bridgehead atoms. The van der Waals surface area contributed by atoms with E-state index in [1.807, 2.05) is 0 Å². The molecule has 4 atom stereocenters. The Hall–Kier alpha value is -5.40. The summed E-state index contributed by atoms with van der Waals surface area (Å²) in [7, 11) is 0. The Bertz CT molecular complexity index is 2390. The van der Waals surface area contributed by atoms with E-state index in [-0.39, 0.29) is 0 Å². The fourth-order valence-electron chi connectivity index (χ4n) is 9.85. The third kappa shape index (κ3) is 4.60. The summed E-state index contributed by atoms with van der Waals surface area (Å²) in [5.74, 6) is 1.83. The molecule has 0 aromatic heterocycles. The summed E-state index contributed by atoms with van der Waals surface area (Å²) in [6.07, 6.45) is 22.8. The summed E-state index contributed by atoms with van der Waals surface area (Å²) in [6, 6.07) is 40.1. The van der Waals surface area contributed by atoms with Gasteiger partial charge in [0.25, 0.3) is 0 Å². The number of aryl methyl sites for hydroxylation is 1. The summed E-state index contributed by atoms with van der Waals surface area (Å²) in [5, 5.41) is 0. The predicted octanol–water partition coefficient (Wildman–Crippen LogP) is 12.4. The SMILES string of the molecule is CCc1ccc(C2=CC=C3C=Cc4c(-c5ccc(CN6c7cc(C8CC8)ccc7C7C=Cc8ccccc8C76)cc5)ccc5c4C3C2C=C5)cc1. The molecule has 1 saturated carbocycles. The van der Waals surface area contributed by atoms with Crippen LogP contribution in [-0.2, 0) is 13.0 Å². The van der Waals surface area contributed by atoms with Crippen LogP contribution in [0.5, 0.6) is 0 Å². The first-order valence-corrected chi connectivity index (χ1v) is 19.0. The second-order valence-electron chi connectivity index (χ2n) is 15.4. The first-order valence-electron chi connectivity index (χ1n) is 19.0. The van der Waals surface area contributed by atoms with Gasteiger partial charge in [0.15, 0.2) is 0 Å². The van der Waals surface area contributed by atoms with Crippen molar-refractivity contribution in [2.24, 2.45) is 5.92 Å². The molecule has 0 amide bonds. The van der Waals surface area contributed by atoms with Crippen molar-refractivity contribution in [2.75, 3.05) is 4.90 Å². The third-order valence-electron chi connectivity index (χ3n) is 12.6. The molecule has 1 aliphatic heterocycles. The van der Waals surface area contributed by atoms with Gasteiger partial charge in [-0.3, -0.25) is 0 Å². The van der Waals surface area contributed by atoms with Gasteiger partial charge in [-0.25, -0.2) is 0 Å². The number of hydrogen-bond acceptors (Lipinski definition) is 1. The molecule has 1 heteroatoms. The number of allylic oxidation sites excluding steroid dienone is 6. The molecule has 5 aromatic carbocycles. The summed E-state index contributed by atoms with van der Waals surface area (Å²) in [5.41, 5.74) is 21.0. The Kier molecular flexibility index (Phi) is 6.50. The zero-order valence-corrected chi connectivity index (χ0v) is 29.1. The number of fused-ring (bicyclic) bond motifs is 5. The lowest BCUT2D eigenvalue weighted by Crippen LogP contribution is -2.27. The lowest BCUT2D eigenvalue weighted by molar-refractivity contribution is 0.605. The minimum atomic E-state index is 0.327. The van der Waals surface area contributed by atoms with Gasteiger partial charge in [0.1, 0.15) is 0 Å². The lowest BCUT2D eigenvalue weighted by atomic mass is 9.64. The van der Waals surface area contributed by atoms with E-state index in [4.69, 9.17) is 0 Å². The summed E-state index contributed by atoms with van der Waals surface area (Å²) >= 11 is 0. The third-order valence-corrected chi connectivity index (χ3v) is 12.6. The number of anilines is 1. The molecule has 4 unspecified atom stereocenters. The van der Waals surface area contributed by atoms with Crippen LogP contribution in [0.15, 0.2) is 139 Å². The van der Waals surface area contributed by atoms with Gasteiger partial charge in [-0.1, -0.05) is 153 Å². The minimum Gasteiger partial charge on any atom is -0.359 e. The first kappa shape index (κ1) is 29.3. The molecular weight excluding hydrogens is 615 g/mol. The van der Waals surface area contributed by atoms with Crippen molar-refractivity contribution in [1.29, 1.82) is 0 Å². The van der Waals surface area contributed by atoms with Gasteiger partial charge >= 0.3 is 0 Å². The van der Waals surface area contributed by atoms with Gasteiger partial charge in [-0.2, -0.15) is 0 Å². The molecule has 1 heterocycles. The van der Waals surface area contributed by atoms with E-state index < -0.39 is 0 Å². The highest BCUT2D eigenvalue weighted by molar-refractivity contribution is 5.88. The molecule has 246 valence electrons. The zero-order chi connectivity index (χ0) is 33.6. The van der Waals surface area contributed by atoms with Crippen molar-refractivity contribution in [1.82, 2.24) is 0 Å². The maximum atomic E-state index is 2.71. The van der Waals surface area contributed by atoms with Crippen LogP contribution in [-0.4, -0.2) is 0 Å². The van der Waals surface area contributed by atoms with Crippen LogP contribution in [0.1, 0.15) is 99.2 Å². The molecule has 0 radical (unpaired) electrons. The van der Waals surface area contributed by atoms with E-state index >= 15 is 0 Å². The van der Waals surface area contributed by atoms with E-state index in [0.717, 1.165) is 18.9 Å². The normalized spacial score (nSPS) is 22.9. The lowest BCUT2D eigenvalue weighted by Gasteiger charge is -2.39. The second-order valence-corrected chi connectivity index (χ2v) is 15.4. The van der Waals surface area contributed by atoms with Gasteiger partial charge in [0, 0.05) is 30.0 Å². The molecule has 51 heavy (non-hydrogen) atoms. The molecule has 1 nitrogen and oxygen atoms in total. The largest absolute Gasteiger partial charge is 0.359 e. The number of benzene rings is 5. The Morgan fingerprint density at radius 2 is 1.43 bits per heavy atom. The smallest absolute Gasteiger partial charge is 0.0656 e. The molecule has 1 fully saturated rings. The topological polar surface area (TPSA) is 3.24 Å². The van der Waals surface area contributed by atoms with E-state index in [2.05, 4.69) is 164 Å². The van der Waals surface area contributed by atoms with Gasteiger partial charge in [-0.15, -0.1) is 0 Å². The van der Waals surface area contributed by atoms with Crippen molar-refractivity contribution >= 4 is 29.5 Å². The van der Waals surface area contributed by atoms with Crippen LogP contribution in [0.4, 0.5) is 5.69 Å². The standard InChI is InChI=1S/C50H41N/c1-2-31-7-11-35(12-8-31)40-23-18-37-21-27-45-41(24-19-38-20-26-44(40)48(37)49(38)45)36-13-9-32(10-14-36)30-51-47-29-39(33-15-16-33)22-25-43(47)46-28-17-34-5-3-4-6-42(34)50(46)51/h3-14,17-29,33,44,46,48,50H,2,15-16,30H2,1H3.